The largest absolute Gasteiger partial charge is 0.505 e. The number of phenolic OH excluding ortho intramolecular Hbond substituents is 1. The lowest BCUT2D eigenvalue weighted by Gasteiger charge is -2.11. The van der Waals surface area contributed by atoms with Gasteiger partial charge in [-0.1, -0.05) is 6.07 Å². The van der Waals surface area contributed by atoms with Crippen LogP contribution in [0.5, 0.6) is 5.75 Å². The molecule has 0 aliphatic carbocycles. The Kier molecular flexibility index (Phi) is 2.85. The Hall–Kier alpha value is -1.13. The number of hydrogen-bond acceptors (Lipinski definition) is 3. The molecule has 0 saturated carbocycles. The topological polar surface area (TPSA) is 66.5 Å². The molecule has 4 heteroatoms. The summed E-state index contributed by atoms with van der Waals surface area (Å²) in [6.45, 7) is 1.37. The molecule has 1 aromatic rings. The molecule has 0 radical (unpaired) electrons. The maximum atomic E-state index is 12.9. The molecule has 0 fully saturated rings. The normalized spacial score (nSPS) is 12.9. The van der Waals surface area contributed by atoms with Gasteiger partial charge in [-0.15, -0.1) is 0 Å². The van der Waals surface area contributed by atoms with Crippen LogP contribution in [-0.4, -0.2) is 16.8 Å². The molecule has 1 aromatic carbocycles. The molecule has 0 amide bonds. The van der Waals surface area contributed by atoms with E-state index in [1.165, 1.54) is 6.07 Å². The van der Waals surface area contributed by atoms with Gasteiger partial charge in [0.05, 0.1) is 12.6 Å². The number of aryl methyl sites for hydroxylation is 1. The van der Waals surface area contributed by atoms with Crippen molar-refractivity contribution in [3.05, 3.63) is 29.1 Å². The van der Waals surface area contributed by atoms with E-state index in [-0.39, 0.29) is 12.2 Å². The summed E-state index contributed by atoms with van der Waals surface area (Å²) in [7, 11) is 0. The third-order valence-electron chi connectivity index (χ3n) is 1.83. The summed E-state index contributed by atoms with van der Waals surface area (Å²) in [6, 6.07) is 2.02. The van der Waals surface area contributed by atoms with Gasteiger partial charge in [0.2, 0.25) is 0 Å². The summed E-state index contributed by atoms with van der Waals surface area (Å²) in [6.07, 6.45) is 0. The lowest BCUT2D eigenvalue weighted by Crippen LogP contribution is -2.15. The zero-order valence-electron chi connectivity index (χ0n) is 7.29. The van der Waals surface area contributed by atoms with Crippen LogP contribution in [0.25, 0.3) is 0 Å². The van der Waals surface area contributed by atoms with Crippen LogP contribution in [-0.2, 0) is 0 Å². The number of aliphatic hydroxyl groups excluding tert-OH is 1. The fourth-order valence-corrected chi connectivity index (χ4v) is 1.14. The van der Waals surface area contributed by atoms with E-state index >= 15 is 0 Å². The van der Waals surface area contributed by atoms with Crippen molar-refractivity contribution < 1.29 is 14.6 Å². The Labute approximate surface area is 75.6 Å². The minimum Gasteiger partial charge on any atom is -0.505 e. The molecular weight excluding hydrogens is 173 g/mol. The van der Waals surface area contributed by atoms with Crippen molar-refractivity contribution in [3.8, 4) is 5.75 Å². The predicted octanol–water partition coefficient (Wildman–Crippen LogP) is 0.832. The molecule has 0 saturated heterocycles. The van der Waals surface area contributed by atoms with Crippen LogP contribution in [0.15, 0.2) is 12.1 Å². The van der Waals surface area contributed by atoms with Gasteiger partial charge in [0, 0.05) is 5.56 Å². The minimum absolute atomic E-state index is 0.236. The van der Waals surface area contributed by atoms with E-state index in [1.54, 1.807) is 13.0 Å². The SMILES string of the molecule is Cc1cc(F)c(O)c([C@@H](N)CO)c1. The van der Waals surface area contributed by atoms with Crippen LogP contribution in [0.4, 0.5) is 4.39 Å². The standard InChI is InChI=1S/C9H12FNO2/c1-5-2-6(8(11)4-12)9(13)7(10)3-5/h2-3,8,12-13H,4,11H2,1H3/t8-/m0/s1. The number of phenols is 1. The minimum atomic E-state index is -0.741. The molecule has 0 aliphatic rings. The zero-order valence-corrected chi connectivity index (χ0v) is 7.29. The average molecular weight is 185 g/mol. The van der Waals surface area contributed by atoms with E-state index in [2.05, 4.69) is 0 Å². The van der Waals surface area contributed by atoms with Gasteiger partial charge < -0.3 is 15.9 Å². The van der Waals surface area contributed by atoms with Gasteiger partial charge in [0.25, 0.3) is 0 Å². The summed E-state index contributed by atoms with van der Waals surface area (Å²) in [5.41, 5.74) is 6.35. The van der Waals surface area contributed by atoms with Crippen molar-refractivity contribution in [2.45, 2.75) is 13.0 Å². The number of aromatic hydroxyl groups is 1. The first kappa shape index (κ1) is 9.95. The zero-order chi connectivity index (χ0) is 10.0. The van der Waals surface area contributed by atoms with E-state index in [4.69, 9.17) is 10.8 Å². The highest BCUT2D eigenvalue weighted by Crippen LogP contribution is 2.26. The molecule has 0 aliphatic heterocycles. The van der Waals surface area contributed by atoms with Crippen molar-refractivity contribution in [1.82, 2.24) is 0 Å². The Morgan fingerprint density at radius 3 is 2.69 bits per heavy atom. The molecule has 72 valence electrons. The highest BCUT2D eigenvalue weighted by Gasteiger charge is 2.13. The van der Waals surface area contributed by atoms with Gasteiger partial charge >= 0.3 is 0 Å². The Morgan fingerprint density at radius 2 is 2.15 bits per heavy atom. The van der Waals surface area contributed by atoms with Crippen LogP contribution in [0.3, 0.4) is 0 Å². The first-order valence-electron chi connectivity index (χ1n) is 3.91. The van der Waals surface area contributed by atoms with Crippen LogP contribution in [0.2, 0.25) is 0 Å². The monoisotopic (exact) mass is 185 g/mol. The smallest absolute Gasteiger partial charge is 0.165 e. The summed E-state index contributed by atoms with van der Waals surface area (Å²) in [5.74, 6) is -1.19. The summed E-state index contributed by atoms with van der Waals surface area (Å²) in [5, 5.41) is 18.0. The van der Waals surface area contributed by atoms with Gasteiger partial charge in [0.15, 0.2) is 11.6 Å². The maximum absolute atomic E-state index is 12.9. The Balaban J connectivity index is 3.20. The lowest BCUT2D eigenvalue weighted by atomic mass is 10.0. The summed E-state index contributed by atoms with van der Waals surface area (Å²) < 4.78 is 12.9. The van der Waals surface area contributed by atoms with E-state index in [9.17, 15) is 9.50 Å². The number of rotatable bonds is 2. The first-order chi connectivity index (χ1) is 6.06. The van der Waals surface area contributed by atoms with Crippen molar-refractivity contribution in [3.63, 3.8) is 0 Å². The van der Waals surface area contributed by atoms with E-state index in [1.807, 2.05) is 0 Å². The fraction of sp³-hybridized carbons (Fsp3) is 0.333. The van der Waals surface area contributed by atoms with Crippen molar-refractivity contribution in [2.24, 2.45) is 5.73 Å². The molecule has 1 atom stereocenters. The Morgan fingerprint density at radius 1 is 1.54 bits per heavy atom. The molecule has 0 bridgehead atoms. The van der Waals surface area contributed by atoms with Crippen LogP contribution in [0.1, 0.15) is 17.2 Å². The van der Waals surface area contributed by atoms with Gasteiger partial charge in [-0.3, -0.25) is 0 Å². The molecule has 0 heterocycles. The highest BCUT2D eigenvalue weighted by molar-refractivity contribution is 5.39. The van der Waals surface area contributed by atoms with Gasteiger partial charge in [-0.25, -0.2) is 4.39 Å². The van der Waals surface area contributed by atoms with E-state index in [0.717, 1.165) is 0 Å². The molecule has 4 N–H and O–H groups in total. The van der Waals surface area contributed by atoms with Gasteiger partial charge in [-0.05, 0) is 18.6 Å². The van der Waals surface area contributed by atoms with E-state index < -0.39 is 17.6 Å². The highest BCUT2D eigenvalue weighted by atomic mass is 19.1. The number of halogens is 1. The Bertz CT molecular complexity index is 315. The molecule has 0 spiro atoms. The number of benzene rings is 1. The van der Waals surface area contributed by atoms with Crippen LogP contribution >= 0.6 is 0 Å². The van der Waals surface area contributed by atoms with Crippen molar-refractivity contribution >= 4 is 0 Å². The number of hydrogen-bond donors (Lipinski definition) is 3. The predicted molar refractivity (Wildman–Crippen MR) is 46.8 cm³/mol. The van der Waals surface area contributed by atoms with Crippen molar-refractivity contribution in [2.75, 3.05) is 6.61 Å². The molecular formula is C9H12FNO2. The fourth-order valence-electron chi connectivity index (χ4n) is 1.14. The molecule has 0 unspecified atom stereocenters. The quantitative estimate of drug-likeness (QED) is 0.639. The lowest BCUT2D eigenvalue weighted by molar-refractivity contribution is 0.264. The van der Waals surface area contributed by atoms with Crippen LogP contribution in [0, 0.1) is 12.7 Å². The second kappa shape index (κ2) is 3.72. The summed E-state index contributed by atoms with van der Waals surface area (Å²) >= 11 is 0. The maximum Gasteiger partial charge on any atom is 0.165 e. The third kappa shape index (κ3) is 1.96. The first-order valence-corrected chi connectivity index (χ1v) is 3.91. The van der Waals surface area contributed by atoms with E-state index in [0.29, 0.717) is 5.56 Å². The van der Waals surface area contributed by atoms with Crippen molar-refractivity contribution in [1.29, 1.82) is 0 Å². The molecule has 13 heavy (non-hydrogen) atoms. The van der Waals surface area contributed by atoms with Crippen LogP contribution < -0.4 is 5.73 Å². The molecule has 3 nitrogen and oxygen atoms in total. The molecule has 0 aromatic heterocycles. The third-order valence-corrected chi connectivity index (χ3v) is 1.83. The van der Waals surface area contributed by atoms with Gasteiger partial charge in [-0.2, -0.15) is 0 Å². The molecule has 1 rings (SSSR count). The van der Waals surface area contributed by atoms with Gasteiger partial charge in [0.1, 0.15) is 0 Å². The average Bonchev–Trinajstić information content (AvgIpc) is 2.10. The summed E-state index contributed by atoms with van der Waals surface area (Å²) in [4.78, 5) is 0. The second-order valence-electron chi connectivity index (χ2n) is 2.97. The second-order valence-corrected chi connectivity index (χ2v) is 2.97. The number of nitrogens with two attached hydrogens (primary N) is 1. The number of aliphatic hydroxyl groups is 1.